The number of rotatable bonds is 5. The maximum atomic E-state index is 11.7. The van der Waals surface area contributed by atoms with Gasteiger partial charge >= 0.3 is 0 Å². The number of nitrogens with one attached hydrogen (secondary N) is 2. The molecule has 4 heteroatoms. The molecular weight excluding hydrogens is 250 g/mol. The van der Waals surface area contributed by atoms with Crippen molar-refractivity contribution >= 4 is 17.3 Å². The normalized spacial score (nSPS) is 25.4. The third-order valence-electron chi connectivity index (χ3n) is 4.41. The number of benzene rings is 1. The zero-order valence-electron chi connectivity index (χ0n) is 11.8. The van der Waals surface area contributed by atoms with Crippen LogP contribution in [0.2, 0.25) is 0 Å². The van der Waals surface area contributed by atoms with Crippen molar-refractivity contribution in [3.05, 3.63) is 24.3 Å². The van der Waals surface area contributed by atoms with Crippen LogP contribution in [0, 0.1) is 11.8 Å². The van der Waals surface area contributed by atoms with Gasteiger partial charge < -0.3 is 16.4 Å². The van der Waals surface area contributed by atoms with Gasteiger partial charge in [-0.2, -0.15) is 0 Å². The fourth-order valence-corrected chi connectivity index (χ4v) is 2.96. The van der Waals surface area contributed by atoms with E-state index in [2.05, 4.69) is 10.6 Å². The Kier molecular flexibility index (Phi) is 3.92. The van der Waals surface area contributed by atoms with Crippen molar-refractivity contribution in [2.45, 2.75) is 38.1 Å². The molecule has 2 saturated carbocycles. The van der Waals surface area contributed by atoms with Gasteiger partial charge in [-0.3, -0.25) is 4.79 Å². The van der Waals surface area contributed by atoms with Crippen molar-refractivity contribution in [3.63, 3.8) is 0 Å². The minimum Gasteiger partial charge on any atom is -0.382 e. The topological polar surface area (TPSA) is 67.2 Å². The molecule has 1 aromatic carbocycles. The number of hydrogen-bond donors (Lipinski definition) is 3. The first-order valence-electron chi connectivity index (χ1n) is 7.64. The Balaban J connectivity index is 1.56. The molecule has 2 unspecified atom stereocenters. The Hall–Kier alpha value is -1.55. The number of amides is 1. The minimum absolute atomic E-state index is 0.157. The van der Waals surface area contributed by atoms with E-state index in [9.17, 15) is 4.79 Å². The molecule has 0 radical (unpaired) electrons. The molecule has 2 fully saturated rings. The van der Waals surface area contributed by atoms with Crippen LogP contribution in [0.5, 0.6) is 0 Å². The lowest BCUT2D eigenvalue weighted by Gasteiger charge is -2.20. The highest BCUT2D eigenvalue weighted by atomic mass is 16.2. The summed E-state index contributed by atoms with van der Waals surface area (Å²) in [5.41, 5.74) is 7.80. The van der Waals surface area contributed by atoms with Crippen molar-refractivity contribution < 1.29 is 4.79 Å². The third kappa shape index (κ3) is 3.12. The van der Waals surface area contributed by atoms with Gasteiger partial charge in [0.1, 0.15) is 0 Å². The lowest BCUT2D eigenvalue weighted by atomic mass is 10.0. The highest BCUT2D eigenvalue weighted by Crippen LogP contribution is 2.31. The number of nitrogens with two attached hydrogens (primary N) is 1. The summed E-state index contributed by atoms with van der Waals surface area (Å²) in [6.07, 6.45) is 5.75. The molecule has 4 N–H and O–H groups in total. The summed E-state index contributed by atoms with van der Waals surface area (Å²) in [5, 5.41) is 6.52. The summed E-state index contributed by atoms with van der Waals surface area (Å²) < 4.78 is 0. The van der Waals surface area contributed by atoms with Crippen molar-refractivity contribution in [2.75, 3.05) is 17.2 Å². The Morgan fingerprint density at radius 2 is 1.80 bits per heavy atom. The Morgan fingerprint density at radius 1 is 1.10 bits per heavy atom. The fourth-order valence-electron chi connectivity index (χ4n) is 2.96. The van der Waals surface area contributed by atoms with Gasteiger partial charge in [0.25, 0.3) is 0 Å². The molecule has 1 amide bonds. The lowest BCUT2D eigenvalue weighted by molar-refractivity contribution is -0.117. The van der Waals surface area contributed by atoms with Crippen LogP contribution < -0.4 is 16.4 Å². The van der Waals surface area contributed by atoms with E-state index in [1.165, 1.54) is 19.3 Å². The Morgan fingerprint density at radius 3 is 2.45 bits per heavy atom. The first kappa shape index (κ1) is 13.4. The second-order valence-electron chi connectivity index (χ2n) is 6.02. The molecule has 20 heavy (non-hydrogen) atoms. The predicted octanol–water partition coefficient (Wildman–Crippen LogP) is 2.57. The van der Waals surface area contributed by atoms with Crippen molar-refractivity contribution in [1.82, 2.24) is 0 Å². The summed E-state index contributed by atoms with van der Waals surface area (Å²) in [5.74, 6) is 0.991. The zero-order valence-corrected chi connectivity index (χ0v) is 11.8. The van der Waals surface area contributed by atoms with Crippen molar-refractivity contribution in [3.8, 4) is 0 Å². The molecule has 0 spiro atoms. The number of anilines is 2. The first-order chi connectivity index (χ1) is 9.76. The second-order valence-corrected chi connectivity index (χ2v) is 6.02. The summed E-state index contributed by atoms with van der Waals surface area (Å²) in [7, 11) is 0. The van der Waals surface area contributed by atoms with E-state index in [-0.39, 0.29) is 11.8 Å². The van der Waals surface area contributed by atoms with Gasteiger partial charge in [-0.15, -0.1) is 0 Å². The molecule has 2 aliphatic carbocycles. The predicted molar refractivity (Wildman–Crippen MR) is 81.6 cm³/mol. The molecule has 0 bridgehead atoms. The quantitative estimate of drug-likeness (QED) is 0.772. The molecule has 2 aliphatic rings. The van der Waals surface area contributed by atoms with Crippen LogP contribution in [0.4, 0.5) is 11.4 Å². The smallest absolute Gasteiger partial charge is 0.227 e. The summed E-state index contributed by atoms with van der Waals surface area (Å²) in [6.45, 7) is 0.757. The SMILES string of the molecule is NCC1CCCC1Nc1ccc(NC(=O)C2CC2)cc1. The maximum Gasteiger partial charge on any atom is 0.227 e. The Labute approximate surface area is 120 Å². The van der Waals surface area contributed by atoms with E-state index in [0.717, 1.165) is 30.8 Å². The molecule has 3 rings (SSSR count). The van der Waals surface area contributed by atoms with Crippen LogP contribution >= 0.6 is 0 Å². The molecule has 4 nitrogen and oxygen atoms in total. The summed E-state index contributed by atoms with van der Waals surface area (Å²) in [6, 6.07) is 8.50. The largest absolute Gasteiger partial charge is 0.382 e. The van der Waals surface area contributed by atoms with E-state index in [0.29, 0.717) is 12.0 Å². The van der Waals surface area contributed by atoms with E-state index in [1.54, 1.807) is 0 Å². The monoisotopic (exact) mass is 273 g/mol. The highest BCUT2D eigenvalue weighted by molar-refractivity contribution is 5.94. The summed E-state index contributed by atoms with van der Waals surface area (Å²) in [4.78, 5) is 11.7. The van der Waals surface area contributed by atoms with E-state index in [1.807, 2.05) is 24.3 Å². The minimum atomic E-state index is 0.157. The van der Waals surface area contributed by atoms with Crippen LogP contribution in [0.25, 0.3) is 0 Å². The van der Waals surface area contributed by atoms with Crippen LogP contribution in [-0.4, -0.2) is 18.5 Å². The van der Waals surface area contributed by atoms with Crippen molar-refractivity contribution in [2.24, 2.45) is 17.6 Å². The van der Waals surface area contributed by atoms with Crippen LogP contribution in [0.1, 0.15) is 32.1 Å². The highest BCUT2D eigenvalue weighted by Gasteiger charge is 2.29. The molecule has 0 heterocycles. The van der Waals surface area contributed by atoms with E-state index in [4.69, 9.17) is 5.73 Å². The number of carbonyl (C=O) groups is 1. The average Bonchev–Trinajstić information content (AvgIpc) is 3.22. The lowest BCUT2D eigenvalue weighted by Crippen LogP contribution is -2.29. The molecule has 1 aromatic rings. The fraction of sp³-hybridized carbons (Fsp3) is 0.562. The second kappa shape index (κ2) is 5.83. The molecule has 0 aromatic heterocycles. The molecule has 0 aliphatic heterocycles. The molecular formula is C16H23N3O. The molecule has 2 atom stereocenters. The average molecular weight is 273 g/mol. The van der Waals surface area contributed by atoms with Crippen LogP contribution in [0.15, 0.2) is 24.3 Å². The standard InChI is InChI=1S/C16H23N3O/c17-10-12-2-1-3-15(12)18-13-6-8-14(9-7-13)19-16(20)11-4-5-11/h6-9,11-12,15,18H,1-5,10,17H2,(H,19,20). The van der Waals surface area contributed by atoms with Gasteiger partial charge in [-0.25, -0.2) is 0 Å². The number of hydrogen-bond acceptors (Lipinski definition) is 3. The van der Waals surface area contributed by atoms with Gasteiger partial charge in [0.2, 0.25) is 5.91 Å². The zero-order chi connectivity index (χ0) is 13.9. The van der Waals surface area contributed by atoms with E-state index < -0.39 is 0 Å². The van der Waals surface area contributed by atoms with Crippen LogP contribution in [0.3, 0.4) is 0 Å². The van der Waals surface area contributed by atoms with Crippen molar-refractivity contribution in [1.29, 1.82) is 0 Å². The van der Waals surface area contributed by atoms with Gasteiger partial charge in [0.15, 0.2) is 0 Å². The van der Waals surface area contributed by atoms with Gasteiger partial charge in [-0.1, -0.05) is 6.42 Å². The van der Waals surface area contributed by atoms with Gasteiger partial charge in [0, 0.05) is 23.3 Å². The summed E-state index contributed by atoms with van der Waals surface area (Å²) >= 11 is 0. The Bertz CT molecular complexity index is 467. The molecule has 0 saturated heterocycles. The van der Waals surface area contributed by atoms with E-state index >= 15 is 0 Å². The first-order valence-corrected chi connectivity index (χ1v) is 7.64. The number of carbonyl (C=O) groups excluding carboxylic acids is 1. The maximum absolute atomic E-state index is 11.7. The van der Waals surface area contributed by atoms with Gasteiger partial charge in [0.05, 0.1) is 0 Å². The third-order valence-corrected chi connectivity index (χ3v) is 4.41. The van der Waals surface area contributed by atoms with Crippen LogP contribution in [-0.2, 0) is 4.79 Å². The molecule has 108 valence electrons. The van der Waals surface area contributed by atoms with Gasteiger partial charge in [-0.05, 0) is 62.4 Å².